The molecule has 0 fully saturated rings. The maximum atomic E-state index is 13.1. The molecule has 0 atom stereocenters. The van der Waals surface area contributed by atoms with Crippen LogP contribution in [0.1, 0.15) is 16.7 Å². The van der Waals surface area contributed by atoms with Crippen molar-refractivity contribution in [3.8, 4) is 5.75 Å². The fourth-order valence-electron chi connectivity index (χ4n) is 2.22. The highest BCUT2D eigenvalue weighted by molar-refractivity contribution is 5.98. The van der Waals surface area contributed by atoms with Crippen LogP contribution in [0.15, 0.2) is 41.6 Å². The number of oxime groups is 1. The molecular formula is C16H15F4N3O2. The fraction of sp³-hybridized carbons (Fsp3) is 0.188. The third-order valence-corrected chi connectivity index (χ3v) is 3.45. The van der Waals surface area contributed by atoms with Crippen molar-refractivity contribution in [3.63, 3.8) is 0 Å². The van der Waals surface area contributed by atoms with Crippen molar-refractivity contribution in [3.05, 3.63) is 58.9 Å². The van der Waals surface area contributed by atoms with E-state index in [1.807, 2.05) is 0 Å². The molecule has 134 valence electrons. The van der Waals surface area contributed by atoms with Gasteiger partial charge in [0, 0.05) is 12.1 Å². The van der Waals surface area contributed by atoms with Gasteiger partial charge in [0.05, 0.1) is 18.4 Å². The number of nitrogens with two attached hydrogens (primary N) is 1. The fourth-order valence-corrected chi connectivity index (χ4v) is 2.22. The molecule has 0 bridgehead atoms. The van der Waals surface area contributed by atoms with E-state index >= 15 is 0 Å². The number of nitrogens with zero attached hydrogens (tertiary/aromatic N) is 1. The first kappa shape index (κ1) is 18.4. The van der Waals surface area contributed by atoms with Crippen molar-refractivity contribution in [2.24, 2.45) is 10.9 Å². The molecule has 0 aromatic heterocycles. The summed E-state index contributed by atoms with van der Waals surface area (Å²) in [6, 6.07) is 6.97. The van der Waals surface area contributed by atoms with Gasteiger partial charge in [-0.25, -0.2) is 4.39 Å². The Labute approximate surface area is 140 Å². The molecule has 0 saturated carbocycles. The molecule has 0 radical (unpaired) electrons. The molecule has 5 nitrogen and oxygen atoms in total. The minimum atomic E-state index is -4.68. The Bertz CT molecular complexity index is 791. The lowest BCUT2D eigenvalue weighted by atomic mass is 10.1. The van der Waals surface area contributed by atoms with Crippen molar-refractivity contribution in [2.45, 2.75) is 12.7 Å². The number of methoxy groups -OCH3 is 1. The molecule has 0 aliphatic rings. The predicted octanol–water partition coefficient (Wildman–Crippen LogP) is 3.56. The van der Waals surface area contributed by atoms with Gasteiger partial charge in [0.25, 0.3) is 0 Å². The first-order valence-corrected chi connectivity index (χ1v) is 7.01. The molecule has 2 rings (SSSR count). The molecule has 0 heterocycles. The number of anilines is 1. The zero-order valence-corrected chi connectivity index (χ0v) is 13.1. The molecule has 2 aromatic rings. The van der Waals surface area contributed by atoms with Crippen LogP contribution in [-0.2, 0) is 12.7 Å². The van der Waals surface area contributed by atoms with Gasteiger partial charge in [-0.15, -0.1) is 0 Å². The van der Waals surface area contributed by atoms with Crippen LogP contribution in [0.4, 0.5) is 23.2 Å². The Kier molecular flexibility index (Phi) is 5.35. The van der Waals surface area contributed by atoms with Gasteiger partial charge in [-0.2, -0.15) is 13.2 Å². The second-order valence-electron chi connectivity index (χ2n) is 5.05. The van der Waals surface area contributed by atoms with Crippen molar-refractivity contribution in [2.75, 3.05) is 12.4 Å². The average Bonchev–Trinajstić information content (AvgIpc) is 2.58. The van der Waals surface area contributed by atoms with E-state index in [4.69, 9.17) is 15.7 Å². The molecule has 0 spiro atoms. The third kappa shape index (κ3) is 4.31. The number of hydrogen-bond acceptors (Lipinski definition) is 4. The monoisotopic (exact) mass is 357 g/mol. The Morgan fingerprint density at radius 1 is 1.24 bits per heavy atom. The molecular weight excluding hydrogens is 342 g/mol. The summed E-state index contributed by atoms with van der Waals surface area (Å²) in [6.45, 7) is -0.231. The Morgan fingerprint density at radius 3 is 2.56 bits per heavy atom. The van der Waals surface area contributed by atoms with E-state index < -0.39 is 17.6 Å². The summed E-state index contributed by atoms with van der Waals surface area (Å²) in [4.78, 5) is 0. The van der Waals surface area contributed by atoms with Crippen LogP contribution in [-0.4, -0.2) is 18.2 Å². The molecule has 0 saturated heterocycles. The zero-order chi connectivity index (χ0) is 18.6. The van der Waals surface area contributed by atoms with Crippen molar-refractivity contribution >= 4 is 11.5 Å². The zero-order valence-electron chi connectivity index (χ0n) is 13.1. The normalized spacial score (nSPS) is 12.1. The molecule has 0 aliphatic carbocycles. The number of benzene rings is 2. The summed E-state index contributed by atoms with van der Waals surface area (Å²) in [5.41, 5.74) is 4.99. The van der Waals surface area contributed by atoms with Crippen LogP contribution in [0.3, 0.4) is 0 Å². The minimum absolute atomic E-state index is 0.134. The lowest BCUT2D eigenvalue weighted by Crippen LogP contribution is -2.15. The smallest absolute Gasteiger partial charge is 0.416 e. The van der Waals surface area contributed by atoms with Crippen LogP contribution in [0.25, 0.3) is 0 Å². The molecule has 25 heavy (non-hydrogen) atoms. The summed E-state index contributed by atoms with van der Waals surface area (Å²) in [5, 5.41) is 14.4. The van der Waals surface area contributed by atoms with E-state index in [2.05, 4.69) is 10.5 Å². The number of rotatable bonds is 5. The van der Waals surface area contributed by atoms with E-state index in [0.29, 0.717) is 23.1 Å². The summed E-state index contributed by atoms with van der Waals surface area (Å²) in [5.74, 6) is -0.781. The van der Waals surface area contributed by atoms with Gasteiger partial charge in [-0.05, 0) is 35.9 Å². The number of alkyl halides is 3. The highest BCUT2D eigenvalue weighted by Crippen LogP contribution is 2.33. The molecule has 0 unspecified atom stereocenters. The molecule has 9 heteroatoms. The first-order valence-electron chi connectivity index (χ1n) is 7.01. The van der Waals surface area contributed by atoms with Crippen molar-refractivity contribution < 1.29 is 27.5 Å². The predicted molar refractivity (Wildman–Crippen MR) is 84.2 cm³/mol. The van der Waals surface area contributed by atoms with Gasteiger partial charge in [-0.1, -0.05) is 11.2 Å². The number of amidine groups is 1. The molecule has 0 aliphatic heterocycles. The van der Waals surface area contributed by atoms with Crippen molar-refractivity contribution in [1.29, 1.82) is 0 Å². The number of ether oxygens (including phenoxy) is 1. The molecule has 2 aromatic carbocycles. The van der Waals surface area contributed by atoms with Gasteiger partial charge in [0.1, 0.15) is 11.6 Å². The summed E-state index contributed by atoms with van der Waals surface area (Å²) < 4.78 is 57.4. The Balaban J connectivity index is 2.33. The van der Waals surface area contributed by atoms with Crippen LogP contribution in [0, 0.1) is 5.82 Å². The van der Waals surface area contributed by atoms with E-state index in [1.165, 1.54) is 25.3 Å². The molecule has 4 N–H and O–H groups in total. The third-order valence-electron chi connectivity index (χ3n) is 3.45. The van der Waals surface area contributed by atoms with Gasteiger partial charge in [0.2, 0.25) is 0 Å². The minimum Gasteiger partial charge on any atom is -0.495 e. The largest absolute Gasteiger partial charge is 0.495 e. The number of nitrogens with one attached hydrogen (secondary N) is 1. The summed E-state index contributed by atoms with van der Waals surface area (Å²) in [7, 11) is 1.39. The van der Waals surface area contributed by atoms with Gasteiger partial charge in [0.15, 0.2) is 5.84 Å². The van der Waals surface area contributed by atoms with Gasteiger partial charge >= 0.3 is 6.18 Å². The lowest BCUT2D eigenvalue weighted by Gasteiger charge is -2.16. The SMILES string of the molecule is COc1ccc(C(N)=NO)cc1NCc1ccc(F)cc1C(F)(F)F. The average molecular weight is 357 g/mol. The van der Waals surface area contributed by atoms with E-state index in [0.717, 1.165) is 12.1 Å². The van der Waals surface area contributed by atoms with E-state index in [-0.39, 0.29) is 17.9 Å². The first-order chi connectivity index (χ1) is 11.8. The van der Waals surface area contributed by atoms with E-state index in [9.17, 15) is 17.6 Å². The van der Waals surface area contributed by atoms with Crippen LogP contribution in [0.5, 0.6) is 5.75 Å². The highest BCUT2D eigenvalue weighted by Gasteiger charge is 2.33. The summed E-state index contributed by atoms with van der Waals surface area (Å²) >= 11 is 0. The van der Waals surface area contributed by atoms with Gasteiger partial charge in [-0.3, -0.25) is 0 Å². The lowest BCUT2D eigenvalue weighted by molar-refractivity contribution is -0.138. The number of halogens is 4. The van der Waals surface area contributed by atoms with E-state index in [1.54, 1.807) is 0 Å². The van der Waals surface area contributed by atoms with Crippen molar-refractivity contribution in [1.82, 2.24) is 0 Å². The number of hydrogen-bond donors (Lipinski definition) is 3. The highest BCUT2D eigenvalue weighted by atomic mass is 19.4. The topological polar surface area (TPSA) is 79.9 Å². The Hall–Kier alpha value is -2.97. The standard InChI is InChI=1S/C16H15F4N3O2/c1-25-14-5-3-9(15(21)23-24)6-13(14)22-8-10-2-4-11(17)7-12(10)16(18,19)20/h2-7,22,24H,8H2,1H3,(H2,21,23). The maximum Gasteiger partial charge on any atom is 0.416 e. The maximum absolute atomic E-state index is 13.1. The summed E-state index contributed by atoms with van der Waals surface area (Å²) in [6.07, 6.45) is -4.68. The quantitative estimate of drug-likeness (QED) is 0.251. The Morgan fingerprint density at radius 2 is 1.96 bits per heavy atom. The second kappa shape index (κ2) is 7.29. The van der Waals surface area contributed by atoms with Crippen LogP contribution >= 0.6 is 0 Å². The van der Waals surface area contributed by atoms with Crippen LogP contribution in [0.2, 0.25) is 0 Å². The second-order valence-corrected chi connectivity index (χ2v) is 5.05. The van der Waals surface area contributed by atoms with Gasteiger partial charge < -0.3 is 21.0 Å². The van der Waals surface area contributed by atoms with Crippen LogP contribution < -0.4 is 15.8 Å². The molecule has 0 amide bonds.